The molecule has 1 unspecified atom stereocenters. The second-order valence-electron chi connectivity index (χ2n) is 5.62. The number of anilines is 1. The van der Waals surface area contributed by atoms with Gasteiger partial charge in [-0.05, 0) is 32.5 Å². The minimum atomic E-state index is 0.587. The molecule has 112 valence electrons. The summed E-state index contributed by atoms with van der Waals surface area (Å²) in [6.45, 7) is 9.44. The molecule has 1 aliphatic heterocycles. The van der Waals surface area contributed by atoms with E-state index in [0.717, 1.165) is 55.7 Å². The molecule has 0 aliphatic carbocycles. The second kappa shape index (κ2) is 7.25. The summed E-state index contributed by atoms with van der Waals surface area (Å²) in [5, 5.41) is 4.08. The molecule has 0 bridgehead atoms. The minimum absolute atomic E-state index is 0.587. The lowest BCUT2D eigenvalue weighted by molar-refractivity contribution is 0.0991. The third-order valence-corrected chi connectivity index (χ3v) is 4.24. The molecule has 0 spiro atoms. The van der Waals surface area contributed by atoms with Gasteiger partial charge in [-0.3, -0.25) is 4.90 Å². The van der Waals surface area contributed by atoms with Gasteiger partial charge >= 0.3 is 0 Å². The molecule has 2 rings (SSSR count). The molecule has 0 saturated carbocycles. The Hall–Kier alpha value is -0.840. The SMILES string of the molecule is CCCNc1ccc(Cl)c(CN2CCN(C)C(C)C2)n1. The zero-order chi connectivity index (χ0) is 14.5. The third-order valence-electron chi connectivity index (χ3n) is 3.89. The number of piperazine rings is 1. The van der Waals surface area contributed by atoms with E-state index in [-0.39, 0.29) is 0 Å². The maximum absolute atomic E-state index is 6.29. The number of halogens is 1. The van der Waals surface area contributed by atoms with Crippen molar-refractivity contribution >= 4 is 17.4 Å². The smallest absolute Gasteiger partial charge is 0.126 e. The molecule has 1 aromatic rings. The summed E-state index contributed by atoms with van der Waals surface area (Å²) in [7, 11) is 2.18. The van der Waals surface area contributed by atoms with Crippen LogP contribution >= 0.6 is 11.6 Å². The monoisotopic (exact) mass is 296 g/mol. The average Bonchev–Trinajstić information content (AvgIpc) is 2.44. The Morgan fingerprint density at radius 3 is 2.90 bits per heavy atom. The van der Waals surface area contributed by atoms with Crippen molar-refractivity contribution < 1.29 is 0 Å². The van der Waals surface area contributed by atoms with Crippen LogP contribution in [0.5, 0.6) is 0 Å². The predicted octanol–water partition coefficient (Wildman–Crippen LogP) is 2.69. The van der Waals surface area contributed by atoms with Crippen LogP contribution < -0.4 is 5.32 Å². The van der Waals surface area contributed by atoms with E-state index in [9.17, 15) is 0 Å². The number of nitrogens with zero attached hydrogens (tertiary/aromatic N) is 3. The van der Waals surface area contributed by atoms with Crippen molar-refractivity contribution in [1.82, 2.24) is 14.8 Å². The van der Waals surface area contributed by atoms with Crippen LogP contribution in [0.3, 0.4) is 0 Å². The third kappa shape index (κ3) is 4.08. The van der Waals surface area contributed by atoms with Gasteiger partial charge in [0.2, 0.25) is 0 Å². The van der Waals surface area contributed by atoms with Gasteiger partial charge in [-0.2, -0.15) is 0 Å². The van der Waals surface area contributed by atoms with Gasteiger partial charge < -0.3 is 10.2 Å². The van der Waals surface area contributed by atoms with Crippen LogP contribution in [0.4, 0.5) is 5.82 Å². The Labute approximate surface area is 127 Å². The fraction of sp³-hybridized carbons (Fsp3) is 0.667. The Morgan fingerprint density at radius 2 is 2.20 bits per heavy atom. The molecule has 1 N–H and O–H groups in total. The molecule has 1 aliphatic rings. The molecule has 0 amide bonds. The number of likely N-dealkylation sites (N-methyl/N-ethyl adjacent to an activating group) is 1. The zero-order valence-corrected chi connectivity index (χ0v) is 13.5. The van der Waals surface area contributed by atoms with Gasteiger partial charge in [-0.1, -0.05) is 18.5 Å². The summed E-state index contributed by atoms with van der Waals surface area (Å²) in [5.41, 5.74) is 0.976. The van der Waals surface area contributed by atoms with Crippen LogP contribution in [-0.2, 0) is 6.54 Å². The molecule has 1 atom stereocenters. The summed E-state index contributed by atoms with van der Waals surface area (Å²) in [5.74, 6) is 0.924. The Kier molecular flexibility index (Phi) is 5.64. The predicted molar refractivity (Wildman–Crippen MR) is 85.4 cm³/mol. The first kappa shape index (κ1) is 15.5. The summed E-state index contributed by atoms with van der Waals surface area (Å²) in [6.07, 6.45) is 1.09. The second-order valence-corrected chi connectivity index (χ2v) is 6.02. The molecular weight excluding hydrogens is 272 g/mol. The molecule has 4 nitrogen and oxygen atoms in total. The van der Waals surface area contributed by atoms with Crippen molar-refractivity contribution in [3.05, 3.63) is 22.8 Å². The zero-order valence-electron chi connectivity index (χ0n) is 12.7. The molecule has 2 heterocycles. The minimum Gasteiger partial charge on any atom is -0.370 e. The van der Waals surface area contributed by atoms with Gasteiger partial charge in [0.15, 0.2) is 0 Å². The number of rotatable bonds is 5. The number of aromatic nitrogens is 1. The van der Waals surface area contributed by atoms with Crippen LogP contribution in [0.2, 0.25) is 5.02 Å². The first-order valence-corrected chi connectivity index (χ1v) is 7.79. The van der Waals surface area contributed by atoms with Crippen molar-refractivity contribution in [3.63, 3.8) is 0 Å². The van der Waals surface area contributed by atoms with Crippen LogP contribution in [0.15, 0.2) is 12.1 Å². The molecule has 0 aromatic carbocycles. The van der Waals surface area contributed by atoms with Gasteiger partial charge in [0.1, 0.15) is 5.82 Å². The van der Waals surface area contributed by atoms with Gasteiger partial charge in [0.25, 0.3) is 0 Å². The van der Waals surface area contributed by atoms with Crippen LogP contribution in [0.25, 0.3) is 0 Å². The van der Waals surface area contributed by atoms with E-state index < -0.39 is 0 Å². The highest BCUT2D eigenvalue weighted by molar-refractivity contribution is 6.31. The van der Waals surface area contributed by atoms with Crippen molar-refractivity contribution in [3.8, 4) is 0 Å². The molecule has 1 fully saturated rings. The summed E-state index contributed by atoms with van der Waals surface area (Å²) >= 11 is 6.29. The molecule has 1 saturated heterocycles. The van der Waals surface area contributed by atoms with E-state index in [1.54, 1.807) is 0 Å². The van der Waals surface area contributed by atoms with Crippen molar-refractivity contribution in [2.24, 2.45) is 0 Å². The summed E-state index contributed by atoms with van der Waals surface area (Å²) in [6, 6.07) is 4.49. The molecule has 0 radical (unpaired) electrons. The van der Waals surface area contributed by atoms with Crippen molar-refractivity contribution in [2.75, 3.05) is 38.5 Å². The maximum Gasteiger partial charge on any atom is 0.126 e. The highest BCUT2D eigenvalue weighted by Crippen LogP contribution is 2.20. The Balaban J connectivity index is 2.01. The topological polar surface area (TPSA) is 31.4 Å². The number of pyridine rings is 1. The molecule has 1 aromatic heterocycles. The van der Waals surface area contributed by atoms with E-state index in [1.807, 2.05) is 12.1 Å². The fourth-order valence-corrected chi connectivity index (χ4v) is 2.59. The van der Waals surface area contributed by atoms with Crippen LogP contribution in [0.1, 0.15) is 26.0 Å². The highest BCUT2D eigenvalue weighted by Gasteiger charge is 2.21. The van der Waals surface area contributed by atoms with Crippen LogP contribution in [-0.4, -0.2) is 54.1 Å². The number of hydrogen-bond acceptors (Lipinski definition) is 4. The van der Waals surface area contributed by atoms with E-state index in [1.165, 1.54) is 0 Å². The average molecular weight is 297 g/mol. The van der Waals surface area contributed by atoms with Crippen molar-refractivity contribution in [1.29, 1.82) is 0 Å². The fourth-order valence-electron chi connectivity index (χ4n) is 2.43. The quantitative estimate of drug-likeness (QED) is 0.905. The first-order valence-electron chi connectivity index (χ1n) is 7.42. The van der Waals surface area contributed by atoms with Crippen LogP contribution in [0, 0.1) is 0 Å². The lowest BCUT2D eigenvalue weighted by Crippen LogP contribution is -2.49. The first-order chi connectivity index (χ1) is 9.60. The maximum atomic E-state index is 6.29. The molecule has 20 heavy (non-hydrogen) atoms. The highest BCUT2D eigenvalue weighted by atomic mass is 35.5. The lowest BCUT2D eigenvalue weighted by atomic mass is 10.2. The number of hydrogen-bond donors (Lipinski definition) is 1. The van der Waals surface area contributed by atoms with E-state index in [0.29, 0.717) is 6.04 Å². The van der Waals surface area contributed by atoms with E-state index >= 15 is 0 Å². The normalized spacial score (nSPS) is 21.1. The van der Waals surface area contributed by atoms with E-state index in [4.69, 9.17) is 11.6 Å². The van der Waals surface area contributed by atoms with Crippen molar-refractivity contribution in [2.45, 2.75) is 32.9 Å². The Morgan fingerprint density at radius 1 is 1.40 bits per heavy atom. The number of nitrogens with one attached hydrogen (secondary N) is 1. The van der Waals surface area contributed by atoms with E-state index in [2.05, 4.69) is 41.0 Å². The van der Waals surface area contributed by atoms with Gasteiger partial charge in [-0.15, -0.1) is 0 Å². The molecular formula is C15H25ClN4. The summed E-state index contributed by atoms with van der Waals surface area (Å²) < 4.78 is 0. The largest absolute Gasteiger partial charge is 0.370 e. The lowest BCUT2D eigenvalue weighted by Gasteiger charge is -2.37. The van der Waals surface area contributed by atoms with Gasteiger partial charge in [0.05, 0.1) is 10.7 Å². The standard InChI is InChI=1S/C15H25ClN4/c1-4-7-17-15-6-5-13(16)14(18-15)11-20-9-8-19(3)12(2)10-20/h5-6,12H,4,7-11H2,1-3H3,(H,17,18). The van der Waals surface area contributed by atoms with Gasteiger partial charge in [0, 0.05) is 38.8 Å². The molecule has 5 heteroatoms. The van der Waals surface area contributed by atoms with Gasteiger partial charge in [-0.25, -0.2) is 4.98 Å². The Bertz CT molecular complexity index is 438. The summed E-state index contributed by atoms with van der Waals surface area (Å²) in [4.78, 5) is 9.48.